The van der Waals surface area contributed by atoms with Crippen LogP contribution in [-0.4, -0.2) is 30.8 Å². The molecule has 0 amide bonds. The van der Waals surface area contributed by atoms with Crippen LogP contribution in [0.4, 0.5) is 0 Å². The molecule has 2 rings (SSSR count). The van der Waals surface area contributed by atoms with E-state index in [0.29, 0.717) is 5.69 Å². The average molecular weight is 204 g/mol. The van der Waals surface area contributed by atoms with Gasteiger partial charge in [-0.3, -0.25) is 0 Å². The molecule has 0 spiro atoms. The molecule has 0 aliphatic heterocycles. The van der Waals surface area contributed by atoms with Crippen molar-refractivity contribution in [2.45, 2.75) is 6.92 Å². The zero-order valence-electron chi connectivity index (χ0n) is 7.95. The van der Waals surface area contributed by atoms with E-state index >= 15 is 0 Å². The van der Waals surface area contributed by atoms with Crippen molar-refractivity contribution < 1.29 is 9.90 Å². The molecular formula is C9H8N4O2. The molecule has 0 saturated carbocycles. The van der Waals surface area contributed by atoms with Gasteiger partial charge in [-0.25, -0.2) is 14.8 Å². The zero-order chi connectivity index (χ0) is 10.8. The van der Waals surface area contributed by atoms with Crippen molar-refractivity contribution in [3.63, 3.8) is 0 Å². The molecule has 0 aliphatic carbocycles. The van der Waals surface area contributed by atoms with Crippen molar-refractivity contribution in [2.75, 3.05) is 0 Å². The topological polar surface area (TPSA) is 80.9 Å². The summed E-state index contributed by atoms with van der Waals surface area (Å²) in [5, 5.41) is 12.9. The Hall–Kier alpha value is -2.24. The molecule has 0 aromatic carbocycles. The average Bonchev–Trinajstić information content (AvgIpc) is 2.62. The number of aromatic nitrogens is 4. The predicted molar refractivity (Wildman–Crippen MR) is 50.9 cm³/mol. The van der Waals surface area contributed by atoms with Crippen LogP contribution < -0.4 is 0 Å². The van der Waals surface area contributed by atoms with Crippen LogP contribution in [0.15, 0.2) is 24.5 Å². The molecule has 0 saturated heterocycles. The summed E-state index contributed by atoms with van der Waals surface area (Å²) >= 11 is 0. The molecule has 2 heterocycles. The Kier molecular flexibility index (Phi) is 2.17. The summed E-state index contributed by atoms with van der Waals surface area (Å²) in [4.78, 5) is 18.8. The number of hydrogen-bond donors (Lipinski definition) is 1. The fraction of sp³-hybridized carbons (Fsp3) is 0.111. The highest BCUT2D eigenvalue weighted by Crippen LogP contribution is 2.07. The molecular weight excluding hydrogens is 196 g/mol. The number of carbonyl (C=O) groups is 1. The Morgan fingerprint density at radius 1 is 1.40 bits per heavy atom. The van der Waals surface area contributed by atoms with Gasteiger partial charge < -0.3 is 5.11 Å². The van der Waals surface area contributed by atoms with Gasteiger partial charge in [0, 0.05) is 12.4 Å². The van der Waals surface area contributed by atoms with Gasteiger partial charge in [0.1, 0.15) is 0 Å². The fourth-order valence-corrected chi connectivity index (χ4v) is 1.20. The van der Waals surface area contributed by atoms with E-state index in [1.165, 1.54) is 23.1 Å². The number of carboxylic acid groups (broad SMARTS) is 1. The third-order valence-electron chi connectivity index (χ3n) is 1.79. The van der Waals surface area contributed by atoms with Gasteiger partial charge in [0.25, 0.3) is 5.95 Å². The summed E-state index contributed by atoms with van der Waals surface area (Å²) in [5.41, 5.74) is 0.665. The van der Waals surface area contributed by atoms with Crippen molar-refractivity contribution >= 4 is 5.97 Å². The van der Waals surface area contributed by atoms with Crippen molar-refractivity contribution in [3.8, 4) is 5.95 Å². The zero-order valence-corrected chi connectivity index (χ0v) is 7.95. The van der Waals surface area contributed by atoms with Gasteiger partial charge in [0.15, 0.2) is 5.69 Å². The van der Waals surface area contributed by atoms with Gasteiger partial charge >= 0.3 is 5.97 Å². The third kappa shape index (κ3) is 1.69. The monoisotopic (exact) mass is 204 g/mol. The molecule has 2 aromatic rings. The molecule has 0 bridgehead atoms. The lowest BCUT2D eigenvalue weighted by Gasteiger charge is -2.00. The Labute approximate surface area is 85.2 Å². The van der Waals surface area contributed by atoms with E-state index in [4.69, 9.17) is 5.11 Å². The number of rotatable bonds is 2. The van der Waals surface area contributed by atoms with Gasteiger partial charge in [-0.05, 0) is 19.1 Å². The normalized spacial score (nSPS) is 10.2. The quantitative estimate of drug-likeness (QED) is 0.777. The highest BCUT2D eigenvalue weighted by atomic mass is 16.4. The van der Waals surface area contributed by atoms with Crippen molar-refractivity contribution in [3.05, 3.63) is 35.9 Å². The first kappa shape index (κ1) is 9.32. The number of hydrogen-bond acceptors (Lipinski definition) is 4. The molecule has 76 valence electrons. The molecule has 0 unspecified atom stereocenters. The molecule has 6 nitrogen and oxygen atoms in total. The standard InChI is InChI=1S/C9H8N4O2/c1-6-5-7(8(14)15)13(12-6)9-10-3-2-4-11-9/h2-5H,1H3,(H,14,15). The summed E-state index contributed by atoms with van der Waals surface area (Å²) < 4.78 is 1.21. The minimum absolute atomic E-state index is 0.0544. The summed E-state index contributed by atoms with van der Waals surface area (Å²) in [6.45, 7) is 1.71. The molecule has 2 aromatic heterocycles. The van der Waals surface area contributed by atoms with Crippen LogP contribution in [0.1, 0.15) is 16.2 Å². The first-order valence-corrected chi connectivity index (χ1v) is 4.26. The van der Waals surface area contributed by atoms with E-state index in [0.717, 1.165) is 0 Å². The maximum Gasteiger partial charge on any atom is 0.354 e. The number of aryl methyl sites for hydroxylation is 1. The lowest BCUT2D eigenvalue weighted by Crippen LogP contribution is -2.10. The largest absolute Gasteiger partial charge is 0.477 e. The van der Waals surface area contributed by atoms with E-state index in [1.807, 2.05) is 0 Å². The van der Waals surface area contributed by atoms with Gasteiger partial charge in [-0.2, -0.15) is 9.78 Å². The number of nitrogens with zero attached hydrogens (tertiary/aromatic N) is 4. The minimum Gasteiger partial charge on any atom is -0.477 e. The minimum atomic E-state index is -1.05. The van der Waals surface area contributed by atoms with Crippen LogP contribution >= 0.6 is 0 Å². The van der Waals surface area contributed by atoms with Crippen LogP contribution in [0.5, 0.6) is 0 Å². The molecule has 0 fully saturated rings. The Morgan fingerprint density at radius 3 is 2.67 bits per heavy atom. The first-order chi connectivity index (χ1) is 7.18. The van der Waals surface area contributed by atoms with E-state index in [-0.39, 0.29) is 11.6 Å². The molecule has 15 heavy (non-hydrogen) atoms. The maximum absolute atomic E-state index is 10.9. The van der Waals surface area contributed by atoms with E-state index < -0.39 is 5.97 Å². The van der Waals surface area contributed by atoms with Crippen LogP contribution in [0.3, 0.4) is 0 Å². The van der Waals surface area contributed by atoms with Crippen LogP contribution in [-0.2, 0) is 0 Å². The first-order valence-electron chi connectivity index (χ1n) is 4.26. The van der Waals surface area contributed by atoms with Crippen LogP contribution in [0.2, 0.25) is 0 Å². The lowest BCUT2D eigenvalue weighted by atomic mass is 10.4. The molecule has 1 N–H and O–H groups in total. The van der Waals surface area contributed by atoms with Gasteiger partial charge in [0.2, 0.25) is 0 Å². The van der Waals surface area contributed by atoms with Crippen molar-refractivity contribution in [2.24, 2.45) is 0 Å². The summed E-state index contributed by atoms with van der Waals surface area (Å²) in [6, 6.07) is 3.12. The Bertz CT molecular complexity index is 492. The highest BCUT2D eigenvalue weighted by molar-refractivity contribution is 5.86. The smallest absolute Gasteiger partial charge is 0.354 e. The van der Waals surface area contributed by atoms with Crippen LogP contribution in [0.25, 0.3) is 5.95 Å². The van der Waals surface area contributed by atoms with Gasteiger partial charge in [0.05, 0.1) is 5.69 Å². The van der Waals surface area contributed by atoms with Crippen molar-refractivity contribution in [1.82, 2.24) is 19.7 Å². The van der Waals surface area contributed by atoms with Gasteiger partial charge in [-0.15, -0.1) is 0 Å². The second-order valence-corrected chi connectivity index (χ2v) is 2.94. The van der Waals surface area contributed by atoms with Crippen LogP contribution in [0, 0.1) is 6.92 Å². The predicted octanol–water partition coefficient (Wildman–Crippen LogP) is 0.669. The molecule has 6 heteroatoms. The second-order valence-electron chi connectivity index (χ2n) is 2.94. The van der Waals surface area contributed by atoms with Gasteiger partial charge in [-0.1, -0.05) is 0 Å². The summed E-state index contributed by atoms with van der Waals surface area (Å²) in [5.74, 6) is -0.800. The molecule has 0 atom stereocenters. The SMILES string of the molecule is Cc1cc(C(=O)O)n(-c2ncccn2)n1. The Morgan fingerprint density at radius 2 is 2.07 bits per heavy atom. The highest BCUT2D eigenvalue weighted by Gasteiger charge is 2.14. The number of carboxylic acids is 1. The lowest BCUT2D eigenvalue weighted by molar-refractivity contribution is 0.0686. The summed E-state index contributed by atoms with van der Waals surface area (Å²) in [7, 11) is 0. The van der Waals surface area contributed by atoms with E-state index in [9.17, 15) is 4.79 Å². The molecule has 0 aliphatic rings. The molecule has 0 radical (unpaired) electrons. The van der Waals surface area contributed by atoms with E-state index in [1.54, 1.807) is 13.0 Å². The summed E-state index contributed by atoms with van der Waals surface area (Å²) in [6.07, 6.45) is 3.07. The van der Waals surface area contributed by atoms with Crippen molar-refractivity contribution in [1.29, 1.82) is 0 Å². The second kappa shape index (κ2) is 3.49. The third-order valence-corrected chi connectivity index (χ3v) is 1.79. The maximum atomic E-state index is 10.9. The Balaban J connectivity index is 2.58. The number of aromatic carboxylic acids is 1. The fourth-order valence-electron chi connectivity index (χ4n) is 1.20. The van der Waals surface area contributed by atoms with E-state index in [2.05, 4.69) is 15.1 Å².